The molecular formula is C20H28AsN5O11S. The van der Waals surface area contributed by atoms with Crippen molar-refractivity contribution in [3.05, 3.63) is 18.2 Å². The number of carbonyl (C=O) groups excluding carboxylic acids is 4. The zero-order chi connectivity index (χ0) is 28.8. The minimum absolute atomic E-state index is 0.0140. The number of carbonyl (C=O) groups is 6. The Balaban J connectivity index is 2.81. The zero-order valence-electron chi connectivity index (χ0n) is 19.7. The summed E-state index contributed by atoms with van der Waals surface area (Å²) in [5.41, 5.74) is 5.46. The van der Waals surface area contributed by atoms with Crippen LogP contribution in [0.4, 0.5) is 11.4 Å². The first kappa shape index (κ1) is 32.8. The topological polar surface area (TPSA) is 278 Å². The van der Waals surface area contributed by atoms with Crippen molar-refractivity contribution in [2.75, 3.05) is 35.3 Å². The average molecular weight is 621 g/mol. The molecule has 0 heterocycles. The molecule has 0 radical (unpaired) electrons. The molecule has 0 saturated carbocycles. The second-order valence-electron chi connectivity index (χ2n) is 7.50. The number of hydrogen-bond acceptors (Lipinski definition) is 11. The van der Waals surface area contributed by atoms with Gasteiger partial charge in [0.25, 0.3) is 0 Å². The van der Waals surface area contributed by atoms with Crippen LogP contribution in [-0.2, 0) is 28.8 Å². The molecule has 210 valence electrons. The number of aliphatic hydroxyl groups excluding tert-OH is 1. The van der Waals surface area contributed by atoms with Gasteiger partial charge in [-0.1, -0.05) is 0 Å². The van der Waals surface area contributed by atoms with Gasteiger partial charge < -0.3 is 15.9 Å². The van der Waals surface area contributed by atoms with Crippen LogP contribution >= 0.6 is 11.8 Å². The van der Waals surface area contributed by atoms with E-state index in [2.05, 4.69) is 21.3 Å². The number of benzene rings is 1. The van der Waals surface area contributed by atoms with Gasteiger partial charge in [0.2, 0.25) is 0 Å². The van der Waals surface area contributed by atoms with Gasteiger partial charge in [0.15, 0.2) is 0 Å². The first-order valence-corrected chi connectivity index (χ1v) is 14.5. The summed E-state index contributed by atoms with van der Waals surface area (Å²) < 4.78 is 19.1. The van der Waals surface area contributed by atoms with Crippen molar-refractivity contribution >= 4 is 78.4 Å². The molecule has 2 atom stereocenters. The number of rotatable bonds is 16. The molecule has 0 aliphatic heterocycles. The van der Waals surface area contributed by atoms with Gasteiger partial charge in [-0.2, -0.15) is 0 Å². The maximum absolute atomic E-state index is 12.4. The molecule has 1 rings (SSSR count). The van der Waals surface area contributed by atoms with Crippen LogP contribution < -0.4 is 31.4 Å². The van der Waals surface area contributed by atoms with Crippen molar-refractivity contribution in [1.29, 1.82) is 0 Å². The third-order valence-electron chi connectivity index (χ3n) is 4.51. The number of aliphatic hydroxyl groups is 1. The van der Waals surface area contributed by atoms with Crippen molar-refractivity contribution in [3.63, 3.8) is 0 Å². The smallest absolute Gasteiger partial charge is 0.480 e. The molecule has 0 fully saturated rings. The van der Waals surface area contributed by atoms with E-state index in [1.165, 1.54) is 18.2 Å². The van der Waals surface area contributed by atoms with Crippen molar-refractivity contribution < 1.29 is 52.3 Å². The van der Waals surface area contributed by atoms with Gasteiger partial charge >= 0.3 is 170 Å². The normalized spacial score (nSPS) is 12.2. The summed E-state index contributed by atoms with van der Waals surface area (Å²) in [5, 5.41) is 35.8. The molecule has 18 heteroatoms. The van der Waals surface area contributed by atoms with Crippen molar-refractivity contribution in [2.24, 2.45) is 5.73 Å². The molecule has 0 bridgehead atoms. The monoisotopic (exact) mass is 621 g/mol. The summed E-state index contributed by atoms with van der Waals surface area (Å²) in [7, 11) is 0. The Bertz CT molecular complexity index is 1040. The quantitative estimate of drug-likeness (QED) is 0.0786. The van der Waals surface area contributed by atoms with Crippen LogP contribution in [0.3, 0.4) is 0 Å². The third kappa shape index (κ3) is 12.4. The van der Waals surface area contributed by atoms with E-state index >= 15 is 0 Å². The van der Waals surface area contributed by atoms with Gasteiger partial charge in [-0.3, -0.25) is 14.4 Å². The number of anilines is 2. The SMILES string of the molecule is NC(CCC(=O)NC(CSCC(=O)Nc1ccc([As](O)O)cc1NC(=O)CO)C(=O)NCC(=O)O)C(=O)O. The summed E-state index contributed by atoms with van der Waals surface area (Å²) in [4.78, 5) is 70.1. The number of nitrogens with one attached hydrogen (secondary N) is 4. The Morgan fingerprint density at radius 2 is 1.63 bits per heavy atom. The molecule has 1 aromatic carbocycles. The zero-order valence-corrected chi connectivity index (χ0v) is 22.4. The van der Waals surface area contributed by atoms with Gasteiger partial charge in [0.05, 0.1) is 0 Å². The minimum atomic E-state index is -3.29. The predicted molar refractivity (Wildman–Crippen MR) is 135 cm³/mol. The van der Waals surface area contributed by atoms with E-state index in [-0.39, 0.29) is 40.1 Å². The molecule has 0 aromatic heterocycles. The fraction of sp³-hybridized carbons (Fsp3) is 0.400. The van der Waals surface area contributed by atoms with Gasteiger partial charge in [-0.15, -0.1) is 0 Å². The molecular weight excluding hydrogens is 593 g/mol. The van der Waals surface area contributed by atoms with E-state index in [1.54, 1.807) is 0 Å². The van der Waals surface area contributed by atoms with Crippen LogP contribution in [0, 0.1) is 0 Å². The third-order valence-corrected chi connectivity index (χ3v) is 7.10. The Labute approximate surface area is 225 Å². The van der Waals surface area contributed by atoms with Crippen LogP contribution in [0.1, 0.15) is 12.8 Å². The predicted octanol–water partition coefficient (Wildman–Crippen LogP) is -4.15. The first-order chi connectivity index (χ1) is 17.8. The van der Waals surface area contributed by atoms with E-state index < -0.39 is 76.1 Å². The van der Waals surface area contributed by atoms with Crippen LogP contribution in [0.15, 0.2) is 18.2 Å². The molecule has 1 aromatic rings. The Hall–Kier alpha value is -3.21. The van der Waals surface area contributed by atoms with Crippen LogP contribution in [-0.4, -0.2) is 111 Å². The average Bonchev–Trinajstić information content (AvgIpc) is 2.85. The molecule has 11 N–H and O–H groups in total. The first-order valence-electron chi connectivity index (χ1n) is 10.7. The molecule has 0 aliphatic rings. The van der Waals surface area contributed by atoms with Gasteiger partial charge in [-0.25, -0.2) is 0 Å². The number of nitrogens with two attached hydrogens (primary N) is 1. The Morgan fingerprint density at radius 1 is 0.974 bits per heavy atom. The summed E-state index contributed by atoms with van der Waals surface area (Å²) in [6, 6.07) is 1.36. The molecule has 16 nitrogen and oxygen atoms in total. The maximum atomic E-state index is 12.4. The summed E-state index contributed by atoms with van der Waals surface area (Å²) in [6.45, 7) is -1.57. The number of hydrogen-bond donors (Lipinski definition) is 10. The number of amides is 4. The molecule has 0 aliphatic carbocycles. The molecule has 38 heavy (non-hydrogen) atoms. The van der Waals surface area contributed by atoms with E-state index in [0.29, 0.717) is 0 Å². The summed E-state index contributed by atoms with van der Waals surface area (Å²) >= 11 is -2.39. The molecule has 4 amide bonds. The molecule has 2 unspecified atom stereocenters. The van der Waals surface area contributed by atoms with E-state index in [9.17, 15) is 37.0 Å². The molecule has 0 saturated heterocycles. The van der Waals surface area contributed by atoms with Crippen LogP contribution in [0.2, 0.25) is 0 Å². The Morgan fingerprint density at radius 3 is 2.21 bits per heavy atom. The number of carboxylic acids is 2. The Kier molecular flexibility index (Phi) is 14.3. The number of thioether (sulfide) groups is 1. The summed E-state index contributed by atoms with van der Waals surface area (Å²) in [5.74, 6) is -6.01. The fourth-order valence-electron chi connectivity index (χ4n) is 2.66. The van der Waals surface area contributed by atoms with Gasteiger partial charge in [-0.05, 0) is 6.42 Å². The van der Waals surface area contributed by atoms with Gasteiger partial charge in [0, 0.05) is 6.42 Å². The van der Waals surface area contributed by atoms with E-state index in [4.69, 9.17) is 21.1 Å². The standard InChI is InChI=1S/C20H28AsN5O11S/c22-11(20(34)35)2-4-15(28)26-14(19(33)23-6-18(31)32)8-38-9-17(30)24-12-3-1-10(21(36)37)5-13(12)25-16(29)7-27/h1,3,5,11,14,27,36-37H,2,4,6-9,22H2,(H,23,33)(H,24,30)(H,25,29)(H,26,28)(H,31,32)(H,34,35). The number of carboxylic acid groups (broad SMARTS) is 2. The second kappa shape index (κ2) is 16.6. The van der Waals surface area contributed by atoms with Crippen molar-refractivity contribution in [3.8, 4) is 0 Å². The van der Waals surface area contributed by atoms with Crippen LogP contribution in [0.5, 0.6) is 0 Å². The minimum Gasteiger partial charge on any atom is -0.480 e. The van der Waals surface area contributed by atoms with E-state index in [0.717, 1.165) is 11.8 Å². The van der Waals surface area contributed by atoms with Crippen molar-refractivity contribution in [2.45, 2.75) is 24.9 Å². The number of aliphatic carboxylic acids is 2. The summed E-state index contributed by atoms with van der Waals surface area (Å²) in [6.07, 6.45) is -0.519. The second-order valence-corrected chi connectivity index (χ2v) is 10.8. The van der Waals surface area contributed by atoms with Gasteiger partial charge in [0.1, 0.15) is 12.6 Å². The van der Waals surface area contributed by atoms with Crippen LogP contribution in [0.25, 0.3) is 0 Å². The van der Waals surface area contributed by atoms with Crippen molar-refractivity contribution in [1.82, 2.24) is 10.6 Å². The fourth-order valence-corrected chi connectivity index (χ4v) is 4.46. The molecule has 0 spiro atoms. The van der Waals surface area contributed by atoms with E-state index in [1.807, 2.05) is 0 Å².